The number of hydrogen-bond donors (Lipinski definition) is 1. The van der Waals surface area contributed by atoms with Crippen molar-refractivity contribution in [1.29, 1.82) is 0 Å². The number of rotatable bonds is 5. The third kappa shape index (κ3) is 4.59. The van der Waals surface area contributed by atoms with Gasteiger partial charge in [0.25, 0.3) is 10.0 Å². The van der Waals surface area contributed by atoms with E-state index in [1.807, 2.05) is 6.07 Å². The highest BCUT2D eigenvalue weighted by Crippen LogP contribution is 2.38. The van der Waals surface area contributed by atoms with Crippen LogP contribution in [0, 0.1) is 5.92 Å². The van der Waals surface area contributed by atoms with E-state index < -0.39 is 10.0 Å². The highest BCUT2D eigenvalue weighted by atomic mass is 35.5. The topological polar surface area (TPSA) is 84.9 Å². The van der Waals surface area contributed by atoms with E-state index in [2.05, 4.69) is 5.32 Å². The zero-order chi connectivity index (χ0) is 21.1. The third-order valence-electron chi connectivity index (χ3n) is 5.17. The summed E-state index contributed by atoms with van der Waals surface area (Å²) in [5.74, 6) is 0.565. The van der Waals surface area contributed by atoms with E-state index in [1.165, 1.54) is 15.6 Å². The molecule has 0 spiro atoms. The number of carbonyl (C=O) groups is 1. The molecule has 4 rings (SSSR count). The summed E-state index contributed by atoms with van der Waals surface area (Å²) in [5.41, 5.74) is 0.802. The summed E-state index contributed by atoms with van der Waals surface area (Å²) in [6.07, 6.45) is 2.09. The van der Waals surface area contributed by atoms with Crippen LogP contribution < -0.4 is 14.8 Å². The van der Waals surface area contributed by atoms with Crippen LogP contribution in [-0.2, 0) is 21.4 Å². The number of halogens is 1. The van der Waals surface area contributed by atoms with Gasteiger partial charge in [-0.25, -0.2) is 8.42 Å². The maximum Gasteiger partial charge on any atom is 0.252 e. The van der Waals surface area contributed by atoms with E-state index in [4.69, 9.17) is 21.1 Å². The Bertz CT molecular complexity index is 1010. The molecule has 1 fully saturated rings. The fourth-order valence-electron chi connectivity index (χ4n) is 3.63. The van der Waals surface area contributed by atoms with E-state index >= 15 is 0 Å². The minimum absolute atomic E-state index is 0.163. The predicted octanol–water partition coefficient (Wildman–Crippen LogP) is 3.28. The van der Waals surface area contributed by atoms with Gasteiger partial charge in [0, 0.05) is 26.1 Å². The Labute approximate surface area is 185 Å². The molecule has 0 unspecified atom stereocenters. The van der Waals surface area contributed by atoms with Crippen LogP contribution in [0.25, 0.3) is 0 Å². The first-order chi connectivity index (χ1) is 14.4. The lowest BCUT2D eigenvalue weighted by Crippen LogP contribution is -2.45. The summed E-state index contributed by atoms with van der Waals surface area (Å²) in [4.78, 5) is 12.7. The van der Waals surface area contributed by atoms with Gasteiger partial charge in [0.05, 0.1) is 24.2 Å². The Morgan fingerprint density at radius 3 is 2.90 bits per heavy atom. The standard InChI is InChI=1S/C20H23ClN2O5S2/c21-16-10-14(11-17-19(16)28-8-3-7-27-17)12-22-20(24)15-4-1-6-23(13-15)30(25,26)18-5-2-9-29-18/h2,5,9-11,15H,1,3-4,6-8,12-13H2,(H,22,24)/t15-/m1/s1. The number of nitrogens with zero attached hydrogens (tertiary/aromatic N) is 1. The van der Waals surface area contributed by atoms with Gasteiger partial charge in [-0.1, -0.05) is 17.7 Å². The molecule has 0 aliphatic carbocycles. The summed E-state index contributed by atoms with van der Waals surface area (Å²) in [7, 11) is -3.55. The number of carbonyl (C=O) groups excluding carboxylic acids is 1. The largest absolute Gasteiger partial charge is 0.489 e. The summed E-state index contributed by atoms with van der Waals surface area (Å²) in [6, 6.07) is 6.88. The molecule has 2 aliphatic heterocycles. The molecule has 30 heavy (non-hydrogen) atoms. The van der Waals surface area contributed by atoms with Crippen molar-refractivity contribution in [3.8, 4) is 11.5 Å². The van der Waals surface area contributed by atoms with Crippen molar-refractivity contribution >= 4 is 38.9 Å². The number of thiophene rings is 1. The number of hydrogen-bond acceptors (Lipinski definition) is 6. The van der Waals surface area contributed by atoms with Gasteiger partial charge in [0.15, 0.2) is 11.5 Å². The molecular formula is C20H23ClN2O5S2. The van der Waals surface area contributed by atoms with Crippen molar-refractivity contribution in [3.05, 3.63) is 40.2 Å². The van der Waals surface area contributed by atoms with Crippen LogP contribution in [0.1, 0.15) is 24.8 Å². The van der Waals surface area contributed by atoms with E-state index in [0.717, 1.165) is 12.0 Å². The van der Waals surface area contributed by atoms with E-state index in [-0.39, 0.29) is 24.9 Å². The Morgan fingerprint density at radius 2 is 2.10 bits per heavy atom. The third-order valence-corrected chi connectivity index (χ3v) is 8.69. The minimum atomic E-state index is -3.55. The van der Waals surface area contributed by atoms with Crippen molar-refractivity contribution in [2.75, 3.05) is 26.3 Å². The maximum absolute atomic E-state index is 12.8. The molecule has 2 aromatic rings. The van der Waals surface area contributed by atoms with Gasteiger partial charge in [0.2, 0.25) is 5.91 Å². The van der Waals surface area contributed by atoms with Crippen molar-refractivity contribution < 1.29 is 22.7 Å². The molecule has 2 aliphatic rings. The van der Waals surface area contributed by atoms with Gasteiger partial charge in [-0.3, -0.25) is 4.79 Å². The minimum Gasteiger partial charge on any atom is -0.489 e. The second kappa shape index (κ2) is 9.13. The predicted molar refractivity (Wildman–Crippen MR) is 115 cm³/mol. The van der Waals surface area contributed by atoms with Crippen LogP contribution in [0.5, 0.6) is 11.5 Å². The van der Waals surface area contributed by atoms with Gasteiger partial charge in [0.1, 0.15) is 4.21 Å². The fourth-order valence-corrected chi connectivity index (χ4v) is 6.59. The van der Waals surface area contributed by atoms with Crippen LogP contribution in [-0.4, -0.2) is 44.9 Å². The molecule has 0 bridgehead atoms. The Kier molecular flexibility index (Phi) is 6.52. The quantitative estimate of drug-likeness (QED) is 0.724. The van der Waals surface area contributed by atoms with E-state index in [1.54, 1.807) is 23.6 Å². The maximum atomic E-state index is 12.8. The molecule has 1 N–H and O–H groups in total. The molecule has 1 atom stereocenters. The summed E-state index contributed by atoms with van der Waals surface area (Å²) >= 11 is 7.50. The number of amides is 1. The average molecular weight is 471 g/mol. The molecule has 162 valence electrons. The fraction of sp³-hybridized carbons (Fsp3) is 0.450. The molecule has 1 aromatic heterocycles. The first-order valence-electron chi connectivity index (χ1n) is 9.84. The van der Waals surface area contributed by atoms with Gasteiger partial charge in [-0.2, -0.15) is 4.31 Å². The normalized spacial score (nSPS) is 19.8. The molecule has 1 aromatic carbocycles. The zero-order valence-electron chi connectivity index (χ0n) is 16.3. The lowest BCUT2D eigenvalue weighted by Gasteiger charge is -2.30. The number of nitrogens with one attached hydrogen (secondary N) is 1. The average Bonchev–Trinajstić information content (AvgIpc) is 3.19. The van der Waals surface area contributed by atoms with Crippen LogP contribution in [0.3, 0.4) is 0 Å². The van der Waals surface area contributed by atoms with Gasteiger partial charge in [-0.15, -0.1) is 11.3 Å². The van der Waals surface area contributed by atoms with Crippen LogP contribution in [0.2, 0.25) is 5.02 Å². The number of fused-ring (bicyclic) bond motifs is 1. The summed E-state index contributed by atoms with van der Waals surface area (Å²) < 4.78 is 38.6. The van der Waals surface area contributed by atoms with Gasteiger partial charge >= 0.3 is 0 Å². The molecule has 3 heterocycles. The smallest absolute Gasteiger partial charge is 0.252 e. The molecule has 1 saturated heterocycles. The van der Waals surface area contributed by atoms with Crippen molar-refractivity contribution in [1.82, 2.24) is 9.62 Å². The Hall–Kier alpha value is -1.81. The molecule has 10 heteroatoms. The molecule has 7 nitrogen and oxygen atoms in total. The lowest BCUT2D eigenvalue weighted by molar-refractivity contribution is -0.126. The van der Waals surface area contributed by atoms with Crippen molar-refractivity contribution in [3.63, 3.8) is 0 Å². The van der Waals surface area contributed by atoms with E-state index in [9.17, 15) is 13.2 Å². The first-order valence-corrected chi connectivity index (χ1v) is 12.5. The van der Waals surface area contributed by atoms with Crippen LogP contribution in [0.15, 0.2) is 33.9 Å². The van der Waals surface area contributed by atoms with Crippen LogP contribution >= 0.6 is 22.9 Å². The van der Waals surface area contributed by atoms with Gasteiger partial charge < -0.3 is 14.8 Å². The van der Waals surface area contributed by atoms with Crippen molar-refractivity contribution in [2.24, 2.45) is 5.92 Å². The number of benzene rings is 1. The second-order valence-corrected chi connectivity index (χ2v) is 10.8. The SMILES string of the molecule is O=C(NCc1cc(Cl)c2c(c1)OCCCO2)[C@@H]1CCCN(S(=O)(=O)c2cccs2)C1. The zero-order valence-corrected chi connectivity index (χ0v) is 18.7. The molecule has 0 saturated carbocycles. The number of sulfonamides is 1. The molecular weight excluding hydrogens is 448 g/mol. The monoisotopic (exact) mass is 470 g/mol. The highest BCUT2D eigenvalue weighted by Gasteiger charge is 2.33. The Morgan fingerprint density at radius 1 is 1.27 bits per heavy atom. The molecule has 0 radical (unpaired) electrons. The van der Waals surface area contributed by atoms with Crippen LogP contribution in [0.4, 0.5) is 0 Å². The summed E-state index contributed by atoms with van der Waals surface area (Å²) in [6.45, 7) is 2.00. The van der Waals surface area contributed by atoms with Gasteiger partial charge in [-0.05, 0) is 42.0 Å². The van der Waals surface area contributed by atoms with Crippen molar-refractivity contribution in [2.45, 2.75) is 30.0 Å². The lowest BCUT2D eigenvalue weighted by atomic mass is 9.98. The molecule has 1 amide bonds. The summed E-state index contributed by atoms with van der Waals surface area (Å²) in [5, 5.41) is 5.10. The van der Waals surface area contributed by atoms with E-state index in [0.29, 0.717) is 53.3 Å². The Balaban J connectivity index is 1.40. The number of piperidine rings is 1. The number of ether oxygens (including phenoxy) is 2. The first kappa shape index (κ1) is 21.4. The second-order valence-electron chi connectivity index (χ2n) is 7.31. The highest BCUT2D eigenvalue weighted by molar-refractivity contribution is 7.91.